The number of aromatic amines is 1. The van der Waals surface area contributed by atoms with Gasteiger partial charge >= 0.3 is 0 Å². The van der Waals surface area contributed by atoms with Crippen LogP contribution in [-0.2, 0) is 0 Å². The van der Waals surface area contributed by atoms with Crippen molar-refractivity contribution < 1.29 is 4.79 Å². The lowest BCUT2D eigenvalue weighted by Gasteiger charge is -2.26. The highest BCUT2D eigenvalue weighted by molar-refractivity contribution is 6.01. The first kappa shape index (κ1) is 8.96. The largest absolute Gasteiger partial charge is 0.358 e. The molecule has 1 aliphatic heterocycles. The summed E-state index contributed by atoms with van der Waals surface area (Å²) in [5, 5.41) is 6.04. The Morgan fingerprint density at radius 3 is 2.88 bits per heavy atom. The third-order valence-electron chi connectivity index (χ3n) is 2.54. The van der Waals surface area contributed by atoms with E-state index in [9.17, 15) is 4.79 Å². The van der Waals surface area contributed by atoms with Gasteiger partial charge < -0.3 is 15.6 Å². The fourth-order valence-electron chi connectivity index (χ4n) is 1.78. The van der Waals surface area contributed by atoms with Gasteiger partial charge in [0.25, 0.3) is 5.91 Å². The maximum absolute atomic E-state index is 11.8. The van der Waals surface area contributed by atoms with Crippen LogP contribution in [0, 0.1) is 0 Å². The Kier molecular flexibility index (Phi) is 1.89. The molecule has 1 aliphatic rings. The summed E-state index contributed by atoms with van der Waals surface area (Å²) in [5.41, 5.74) is 1.48. The van der Waals surface area contributed by atoms with Crippen molar-refractivity contribution in [2.75, 3.05) is 5.32 Å². The topological polar surface area (TPSA) is 69.8 Å². The molecular weight excluding hydrogens is 204 g/mol. The smallest absolute Gasteiger partial charge is 0.255 e. The molecule has 1 aromatic heterocycles. The molecule has 1 amide bonds. The fraction of sp³-hybridized carbons (Fsp3) is 0.0909. The number of fused-ring (bicyclic) bond motifs is 1. The van der Waals surface area contributed by atoms with E-state index in [1.54, 1.807) is 18.5 Å². The minimum atomic E-state index is -0.294. The molecule has 0 radical (unpaired) electrons. The van der Waals surface area contributed by atoms with Gasteiger partial charge in [-0.1, -0.05) is 12.1 Å². The van der Waals surface area contributed by atoms with Crippen molar-refractivity contribution in [3.05, 3.63) is 48.0 Å². The summed E-state index contributed by atoms with van der Waals surface area (Å²) in [6, 6.07) is 7.40. The first-order valence-electron chi connectivity index (χ1n) is 5.00. The number of carbonyl (C=O) groups is 1. The molecule has 80 valence electrons. The second-order valence-electron chi connectivity index (χ2n) is 3.57. The first-order chi connectivity index (χ1) is 7.84. The summed E-state index contributed by atoms with van der Waals surface area (Å²) in [6.07, 6.45) is 3.09. The van der Waals surface area contributed by atoms with Crippen LogP contribution >= 0.6 is 0 Å². The number of rotatable bonds is 1. The second-order valence-corrected chi connectivity index (χ2v) is 3.57. The molecule has 0 fully saturated rings. The Bertz CT molecular complexity index is 521. The van der Waals surface area contributed by atoms with Crippen LogP contribution in [0.1, 0.15) is 22.3 Å². The molecule has 3 rings (SSSR count). The van der Waals surface area contributed by atoms with Gasteiger partial charge in [0, 0.05) is 18.1 Å². The Labute approximate surface area is 91.9 Å². The summed E-state index contributed by atoms with van der Waals surface area (Å²) in [7, 11) is 0. The molecule has 1 aromatic carbocycles. The zero-order valence-electron chi connectivity index (χ0n) is 8.40. The van der Waals surface area contributed by atoms with Crippen molar-refractivity contribution in [1.82, 2.24) is 15.3 Å². The van der Waals surface area contributed by atoms with Gasteiger partial charge in [0.2, 0.25) is 0 Å². The van der Waals surface area contributed by atoms with Crippen molar-refractivity contribution in [1.29, 1.82) is 0 Å². The van der Waals surface area contributed by atoms with Gasteiger partial charge in [-0.25, -0.2) is 4.98 Å². The normalized spacial score (nSPS) is 18.5. The van der Waals surface area contributed by atoms with E-state index in [1.165, 1.54) is 0 Å². The zero-order valence-corrected chi connectivity index (χ0v) is 8.40. The lowest BCUT2D eigenvalue weighted by atomic mass is 10.1. The molecule has 16 heavy (non-hydrogen) atoms. The number of amides is 1. The number of hydrogen-bond donors (Lipinski definition) is 3. The number of anilines is 1. The zero-order chi connectivity index (χ0) is 11.0. The van der Waals surface area contributed by atoms with E-state index in [4.69, 9.17) is 0 Å². The molecule has 0 saturated heterocycles. The highest BCUT2D eigenvalue weighted by Crippen LogP contribution is 2.24. The van der Waals surface area contributed by atoms with E-state index in [0.29, 0.717) is 11.4 Å². The van der Waals surface area contributed by atoms with Crippen LogP contribution in [0.3, 0.4) is 0 Å². The van der Waals surface area contributed by atoms with Gasteiger partial charge in [0.05, 0.1) is 5.56 Å². The van der Waals surface area contributed by atoms with Crippen molar-refractivity contribution in [2.24, 2.45) is 0 Å². The van der Waals surface area contributed by atoms with Gasteiger partial charge in [0.1, 0.15) is 5.82 Å². The maximum Gasteiger partial charge on any atom is 0.255 e. The number of carbonyl (C=O) groups excluding carboxylic acids is 1. The maximum atomic E-state index is 11.8. The van der Waals surface area contributed by atoms with Crippen molar-refractivity contribution in [3.8, 4) is 0 Å². The molecular formula is C11H10N4O. The number of nitrogens with one attached hydrogen (secondary N) is 3. The highest BCUT2D eigenvalue weighted by Gasteiger charge is 2.25. The van der Waals surface area contributed by atoms with Crippen LogP contribution in [0.4, 0.5) is 5.69 Å². The quantitative estimate of drug-likeness (QED) is 0.669. The van der Waals surface area contributed by atoms with Crippen LogP contribution in [0.15, 0.2) is 36.7 Å². The summed E-state index contributed by atoms with van der Waals surface area (Å²) in [4.78, 5) is 18.9. The predicted molar refractivity (Wildman–Crippen MR) is 58.9 cm³/mol. The van der Waals surface area contributed by atoms with E-state index < -0.39 is 0 Å². The Hall–Kier alpha value is -2.30. The Balaban J connectivity index is 1.98. The number of H-pyrrole nitrogens is 1. The van der Waals surface area contributed by atoms with Crippen LogP contribution in [0.25, 0.3) is 0 Å². The number of benzene rings is 1. The standard InChI is InChI=1S/C11H10N4O/c16-11-7-3-1-2-4-8(7)14-10(15-11)9-12-5-6-13-9/h1-6,10,14H,(H,12,13)(H,15,16). The molecule has 0 spiro atoms. The molecule has 0 bridgehead atoms. The average Bonchev–Trinajstić information content (AvgIpc) is 2.82. The van der Waals surface area contributed by atoms with Crippen molar-refractivity contribution in [2.45, 2.75) is 6.17 Å². The number of hydrogen-bond acceptors (Lipinski definition) is 3. The number of imidazole rings is 1. The van der Waals surface area contributed by atoms with Crippen LogP contribution < -0.4 is 10.6 Å². The van der Waals surface area contributed by atoms with Gasteiger partial charge in [-0.3, -0.25) is 4.79 Å². The SMILES string of the molecule is O=C1NC(c2ncc[nH]2)Nc2ccccc21. The van der Waals surface area contributed by atoms with Crippen molar-refractivity contribution >= 4 is 11.6 Å². The van der Waals surface area contributed by atoms with E-state index in [0.717, 1.165) is 5.69 Å². The summed E-state index contributed by atoms with van der Waals surface area (Å²) in [6.45, 7) is 0. The van der Waals surface area contributed by atoms with Crippen LogP contribution in [0.5, 0.6) is 0 Å². The number of aromatic nitrogens is 2. The lowest BCUT2D eigenvalue weighted by Crippen LogP contribution is -2.38. The third-order valence-corrected chi connectivity index (χ3v) is 2.54. The number of para-hydroxylation sites is 1. The summed E-state index contributed by atoms with van der Waals surface area (Å²) in [5.74, 6) is 0.610. The van der Waals surface area contributed by atoms with E-state index in [2.05, 4.69) is 20.6 Å². The highest BCUT2D eigenvalue weighted by atomic mass is 16.2. The third kappa shape index (κ3) is 1.33. The molecule has 1 atom stereocenters. The second kappa shape index (κ2) is 3.37. The van der Waals surface area contributed by atoms with Gasteiger partial charge in [-0.2, -0.15) is 0 Å². The molecule has 1 unspecified atom stereocenters. The van der Waals surface area contributed by atoms with Gasteiger partial charge in [0.15, 0.2) is 6.17 Å². The monoisotopic (exact) mass is 214 g/mol. The molecule has 5 heteroatoms. The fourth-order valence-corrected chi connectivity index (χ4v) is 1.78. The molecule has 0 saturated carbocycles. The molecule has 2 aromatic rings. The van der Waals surface area contributed by atoms with Gasteiger partial charge in [-0.15, -0.1) is 0 Å². The number of nitrogens with zero attached hydrogens (tertiary/aromatic N) is 1. The molecule has 2 heterocycles. The van der Waals surface area contributed by atoms with E-state index >= 15 is 0 Å². The van der Waals surface area contributed by atoms with Crippen LogP contribution in [0.2, 0.25) is 0 Å². The van der Waals surface area contributed by atoms with Gasteiger partial charge in [-0.05, 0) is 12.1 Å². The molecule has 5 nitrogen and oxygen atoms in total. The Morgan fingerprint density at radius 1 is 1.19 bits per heavy atom. The van der Waals surface area contributed by atoms with Crippen molar-refractivity contribution in [3.63, 3.8) is 0 Å². The molecule has 0 aliphatic carbocycles. The average molecular weight is 214 g/mol. The van der Waals surface area contributed by atoms with E-state index in [-0.39, 0.29) is 12.1 Å². The Morgan fingerprint density at radius 2 is 2.06 bits per heavy atom. The minimum Gasteiger partial charge on any atom is -0.358 e. The summed E-state index contributed by atoms with van der Waals surface area (Å²) < 4.78 is 0. The molecule has 3 N–H and O–H groups in total. The predicted octanol–water partition coefficient (Wildman–Crippen LogP) is 1.26. The minimum absolute atomic E-state index is 0.0873. The summed E-state index contributed by atoms with van der Waals surface area (Å²) >= 11 is 0. The first-order valence-corrected chi connectivity index (χ1v) is 5.00. The lowest BCUT2D eigenvalue weighted by molar-refractivity contribution is 0.0934. The van der Waals surface area contributed by atoms with Crippen LogP contribution in [-0.4, -0.2) is 15.9 Å². The van der Waals surface area contributed by atoms with E-state index in [1.807, 2.05) is 18.2 Å².